The molecule has 0 aliphatic rings. The van der Waals surface area contributed by atoms with Crippen molar-refractivity contribution in [3.63, 3.8) is 0 Å². The van der Waals surface area contributed by atoms with Gasteiger partial charge >= 0.3 is 0 Å². The average Bonchev–Trinajstić information content (AvgIpc) is 2.16. The second kappa shape index (κ2) is 8.98. The van der Waals surface area contributed by atoms with E-state index in [4.69, 9.17) is 0 Å². The number of allylic oxidation sites excluding steroid dienone is 6. The lowest BCUT2D eigenvalue weighted by molar-refractivity contribution is 0.924. The van der Waals surface area contributed by atoms with Crippen LogP contribution in [0.3, 0.4) is 0 Å². The highest BCUT2D eigenvalue weighted by molar-refractivity contribution is 5.71. The molecule has 1 heteroatoms. The first-order valence-electron chi connectivity index (χ1n) is 4.75. The van der Waals surface area contributed by atoms with Crippen molar-refractivity contribution in [2.24, 2.45) is 4.99 Å². The Hall–Kier alpha value is -1.11. The summed E-state index contributed by atoms with van der Waals surface area (Å²) in [4.78, 5) is 3.85. The molecule has 0 unspecified atom stereocenters. The number of nitrogens with zero attached hydrogens (tertiary/aromatic N) is 1. The van der Waals surface area contributed by atoms with E-state index in [1.54, 1.807) is 13.3 Å². The van der Waals surface area contributed by atoms with E-state index in [1.807, 2.05) is 18.2 Å². The van der Waals surface area contributed by atoms with Gasteiger partial charge in [0, 0.05) is 13.3 Å². The maximum absolute atomic E-state index is 3.85. The van der Waals surface area contributed by atoms with Crippen molar-refractivity contribution in [1.29, 1.82) is 0 Å². The molecule has 0 atom stereocenters. The zero-order valence-electron chi connectivity index (χ0n) is 8.83. The molecule has 72 valence electrons. The average molecular weight is 177 g/mol. The van der Waals surface area contributed by atoms with Crippen molar-refractivity contribution < 1.29 is 0 Å². The number of hydrogen-bond acceptors (Lipinski definition) is 1. The van der Waals surface area contributed by atoms with Crippen LogP contribution in [-0.4, -0.2) is 13.3 Å². The summed E-state index contributed by atoms with van der Waals surface area (Å²) >= 11 is 0. The van der Waals surface area contributed by atoms with Crippen LogP contribution in [0.4, 0.5) is 0 Å². The van der Waals surface area contributed by atoms with Crippen LogP contribution >= 0.6 is 0 Å². The van der Waals surface area contributed by atoms with Gasteiger partial charge < -0.3 is 0 Å². The molecule has 0 fully saturated rings. The fourth-order valence-electron chi connectivity index (χ4n) is 0.992. The predicted molar refractivity (Wildman–Crippen MR) is 61.4 cm³/mol. The van der Waals surface area contributed by atoms with Gasteiger partial charge in [-0.2, -0.15) is 0 Å². The lowest BCUT2D eigenvalue weighted by Gasteiger charge is -1.95. The van der Waals surface area contributed by atoms with Crippen molar-refractivity contribution in [1.82, 2.24) is 0 Å². The standard InChI is InChI=1S/C12H19N/c1-4-9-12(5-2)10-7-6-8-11-13-3/h5-8,10-11H,4,9H2,1-3H3/b8-6-,10-7-,12-5-,13-11?. The zero-order valence-corrected chi connectivity index (χ0v) is 8.83. The molecule has 0 aromatic rings. The number of rotatable bonds is 5. The van der Waals surface area contributed by atoms with Crippen LogP contribution in [0.2, 0.25) is 0 Å². The Kier molecular flexibility index (Phi) is 8.21. The van der Waals surface area contributed by atoms with Crippen molar-refractivity contribution in [2.75, 3.05) is 7.05 Å². The van der Waals surface area contributed by atoms with Gasteiger partial charge in [-0.05, 0) is 19.4 Å². The molecule has 0 aromatic carbocycles. The molecule has 0 heterocycles. The fraction of sp³-hybridized carbons (Fsp3) is 0.417. The Labute approximate surface area is 81.6 Å². The predicted octanol–water partition coefficient (Wildman–Crippen LogP) is 3.55. The van der Waals surface area contributed by atoms with Gasteiger partial charge in [0.05, 0.1) is 0 Å². The normalized spacial score (nSPS) is 13.9. The SMILES string of the molecule is C\C=C(/C=C\C=C/C=NC)CCC. The first kappa shape index (κ1) is 11.9. The van der Waals surface area contributed by atoms with Crippen LogP contribution in [0, 0.1) is 0 Å². The summed E-state index contributed by atoms with van der Waals surface area (Å²) in [5.41, 5.74) is 1.39. The Balaban J connectivity index is 3.94. The van der Waals surface area contributed by atoms with Gasteiger partial charge in [0.2, 0.25) is 0 Å². The second-order valence-corrected chi connectivity index (χ2v) is 2.76. The van der Waals surface area contributed by atoms with E-state index >= 15 is 0 Å². The molecule has 0 aliphatic heterocycles. The van der Waals surface area contributed by atoms with Crippen LogP contribution in [-0.2, 0) is 0 Å². The maximum atomic E-state index is 3.85. The highest BCUT2D eigenvalue weighted by Crippen LogP contribution is 2.05. The largest absolute Gasteiger partial charge is 0.297 e. The Bertz CT molecular complexity index is 219. The highest BCUT2D eigenvalue weighted by atomic mass is 14.6. The summed E-state index contributed by atoms with van der Waals surface area (Å²) in [6.45, 7) is 4.27. The monoisotopic (exact) mass is 177 g/mol. The van der Waals surface area contributed by atoms with Crippen LogP contribution in [0.1, 0.15) is 26.7 Å². The maximum Gasteiger partial charge on any atom is 0.0277 e. The molecule has 13 heavy (non-hydrogen) atoms. The van der Waals surface area contributed by atoms with Gasteiger partial charge in [-0.25, -0.2) is 0 Å². The molecule has 0 amide bonds. The minimum atomic E-state index is 1.16. The molecule has 0 rings (SSSR count). The summed E-state index contributed by atoms with van der Waals surface area (Å²) in [6.07, 6.45) is 14.4. The summed E-state index contributed by atoms with van der Waals surface area (Å²) in [7, 11) is 1.77. The molecule has 0 aromatic heterocycles. The van der Waals surface area contributed by atoms with E-state index in [9.17, 15) is 0 Å². The van der Waals surface area contributed by atoms with Gasteiger partial charge in [-0.3, -0.25) is 4.99 Å². The molecule has 0 radical (unpaired) electrons. The summed E-state index contributed by atoms with van der Waals surface area (Å²) in [5, 5.41) is 0. The van der Waals surface area contributed by atoms with Crippen molar-refractivity contribution in [3.05, 3.63) is 36.0 Å². The molecule has 0 aliphatic carbocycles. The molecule has 0 saturated heterocycles. The van der Waals surface area contributed by atoms with Crippen LogP contribution < -0.4 is 0 Å². The van der Waals surface area contributed by atoms with E-state index in [0.29, 0.717) is 0 Å². The first-order chi connectivity index (χ1) is 6.35. The molecular weight excluding hydrogens is 158 g/mol. The Morgan fingerprint density at radius 3 is 2.54 bits per heavy atom. The molecular formula is C12H19N. The lowest BCUT2D eigenvalue weighted by Crippen LogP contribution is -1.75. The van der Waals surface area contributed by atoms with E-state index < -0.39 is 0 Å². The smallest absolute Gasteiger partial charge is 0.0277 e. The van der Waals surface area contributed by atoms with E-state index in [2.05, 4.69) is 31.0 Å². The molecule has 0 saturated carbocycles. The lowest BCUT2D eigenvalue weighted by atomic mass is 10.1. The summed E-state index contributed by atoms with van der Waals surface area (Å²) < 4.78 is 0. The number of aliphatic imine (C=N–C) groups is 1. The minimum absolute atomic E-state index is 1.16. The van der Waals surface area contributed by atoms with Crippen LogP contribution in [0.5, 0.6) is 0 Å². The fourth-order valence-corrected chi connectivity index (χ4v) is 0.992. The molecule has 0 spiro atoms. The van der Waals surface area contributed by atoms with Crippen LogP contribution in [0.25, 0.3) is 0 Å². The summed E-state index contributed by atoms with van der Waals surface area (Å²) in [6, 6.07) is 0. The second-order valence-electron chi connectivity index (χ2n) is 2.76. The van der Waals surface area contributed by atoms with Crippen molar-refractivity contribution in [2.45, 2.75) is 26.7 Å². The minimum Gasteiger partial charge on any atom is -0.297 e. The van der Waals surface area contributed by atoms with E-state index in [-0.39, 0.29) is 0 Å². The van der Waals surface area contributed by atoms with Gasteiger partial charge in [-0.15, -0.1) is 0 Å². The molecule has 0 N–H and O–H groups in total. The quantitative estimate of drug-likeness (QED) is 0.450. The van der Waals surface area contributed by atoms with Crippen molar-refractivity contribution >= 4 is 6.21 Å². The molecule has 1 nitrogen and oxygen atoms in total. The number of hydrogen-bond donors (Lipinski definition) is 0. The van der Waals surface area contributed by atoms with Gasteiger partial charge in [-0.1, -0.05) is 43.2 Å². The van der Waals surface area contributed by atoms with Gasteiger partial charge in [0.25, 0.3) is 0 Å². The highest BCUT2D eigenvalue weighted by Gasteiger charge is 1.85. The van der Waals surface area contributed by atoms with Gasteiger partial charge in [0.15, 0.2) is 0 Å². The topological polar surface area (TPSA) is 12.4 Å². The van der Waals surface area contributed by atoms with E-state index in [0.717, 1.165) is 6.42 Å². The third-order valence-electron chi connectivity index (χ3n) is 1.68. The third-order valence-corrected chi connectivity index (χ3v) is 1.68. The first-order valence-corrected chi connectivity index (χ1v) is 4.75. The van der Waals surface area contributed by atoms with Crippen LogP contribution in [0.15, 0.2) is 40.9 Å². The van der Waals surface area contributed by atoms with Gasteiger partial charge in [0.1, 0.15) is 0 Å². The van der Waals surface area contributed by atoms with E-state index in [1.165, 1.54) is 12.0 Å². The zero-order chi connectivity index (χ0) is 9.94. The summed E-state index contributed by atoms with van der Waals surface area (Å²) in [5.74, 6) is 0. The Morgan fingerprint density at radius 2 is 2.00 bits per heavy atom. The van der Waals surface area contributed by atoms with Crippen molar-refractivity contribution in [3.8, 4) is 0 Å². The molecule has 0 bridgehead atoms. The third kappa shape index (κ3) is 7.26. The Morgan fingerprint density at radius 1 is 1.23 bits per heavy atom.